The summed E-state index contributed by atoms with van der Waals surface area (Å²) in [4.78, 5) is 0. The molecule has 1 nitrogen and oxygen atoms in total. The van der Waals surface area contributed by atoms with Gasteiger partial charge in [-0.25, -0.2) is 0 Å². The molecule has 0 amide bonds. The van der Waals surface area contributed by atoms with E-state index in [0.29, 0.717) is 9.76 Å². The number of unbranched alkanes of at least 4 members (excludes halogenated alkanes) is 17. The quantitative estimate of drug-likeness (QED) is 0.163. The average Bonchev–Trinajstić information content (AvgIpc) is 2.57. The van der Waals surface area contributed by atoms with E-state index >= 15 is 0 Å². The van der Waals surface area contributed by atoms with Crippen LogP contribution < -0.4 is 0 Å². The standard InChI is InChI=1S/C21H44OSi/c1-3-4-5-6-7-8-9-10-11-12-13-14-15-16-17-18-19-20-21-22-23-2/h3-21H2,1-2H3. The van der Waals surface area contributed by atoms with Crippen LogP contribution in [-0.4, -0.2) is 16.4 Å². The molecular formula is C21H44OSi. The van der Waals surface area contributed by atoms with Crippen molar-refractivity contribution in [1.29, 1.82) is 0 Å². The van der Waals surface area contributed by atoms with E-state index < -0.39 is 0 Å². The van der Waals surface area contributed by atoms with Crippen molar-refractivity contribution < 1.29 is 4.43 Å². The monoisotopic (exact) mass is 340 g/mol. The minimum atomic E-state index is 0.668. The topological polar surface area (TPSA) is 9.23 Å². The molecule has 0 rings (SSSR count). The van der Waals surface area contributed by atoms with E-state index in [1.807, 2.05) is 0 Å². The molecule has 0 aliphatic carbocycles. The Morgan fingerprint density at radius 2 is 0.783 bits per heavy atom. The molecule has 2 radical (unpaired) electrons. The van der Waals surface area contributed by atoms with Gasteiger partial charge in [0.1, 0.15) is 0 Å². The maximum absolute atomic E-state index is 5.39. The van der Waals surface area contributed by atoms with Crippen molar-refractivity contribution in [3.05, 3.63) is 0 Å². The van der Waals surface area contributed by atoms with Crippen molar-refractivity contribution in [1.82, 2.24) is 0 Å². The highest BCUT2D eigenvalue weighted by Crippen LogP contribution is 2.14. The summed E-state index contributed by atoms with van der Waals surface area (Å²) in [5.41, 5.74) is 0. The Hall–Kier alpha value is 0.177. The Kier molecular flexibility index (Phi) is 22.3. The summed E-state index contributed by atoms with van der Waals surface area (Å²) in [6.07, 6.45) is 25.9. The smallest absolute Gasteiger partial charge is 0.226 e. The van der Waals surface area contributed by atoms with E-state index in [9.17, 15) is 0 Å². The minimum absolute atomic E-state index is 0.668. The molecule has 0 saturated carbocycles. The van der Waals surface area contributed by atoms with E-state index in [1.54, 1.807) is 0 Å². The summed E-state index contributed by atoms with van der Waals surface area (Å²) in [6.45, 7) is 5.38. The van der Waals surface area contributed by atoms with Crippen molar-refractivity contribution in [3.8, 4) is 0 Å². The third kappa shape index (κ3) is 22.2. The second-order valence-electron chi connectivity index (χ2n) is 7.06. The second-order valence-corrected chi connectivity index (χ2v) is 7.76. The second kappa shape index (κ2) is 22.2. The highest BCUT2D eigenvalue weighted by molar-refractivity contribution is 6.24. The highest BCUT2D eigenvalue weighted by atomic mass is 28.2. The first-order valence-electron chi connectivity index (χ1n) is 10.7. The van der Waals surface area contributed by atoms with Gasteiger partial charge in [-0.15, -0.1) is 0 Å². The van der Waals surface area contributed by atoms with Crippen LogP contribution in [0, 0.1) is 0 Å². The van der Waals surface area contributed by atoms with Crippen molar-refractivity contribution in [2.45, 2.75) is 129 Å². The summed E-state index contributed by atoms with van der Waals surface area (Å²) in [6, 6.07) is 0. The Balaban J connectivity index is 2.92. The fourth-order valence-electron chi connectivity index (χ4n) is 3.18. The maximum atomic E-state index is 5.39. The molecule has 0 N–H and O–H groups in total. The zero-order chi connectivity index (χ0) is 16.8. The van der Waals surface area contributed by atoms with Crippen molar-refractivity contribution in [2.24, 2.45) is 0 Å². The van der Waals surface area contributed by atoms with Crippen LogP contribution in [0.1, 0.15) is 122 Å². The van der Waals surface area contributed by atoms with Gasteiger partial charge in [0, 0.05) is 6.61 Å². The largest absolute Gasteiger partial charge is 0.418 e. The van der Waals surface area contributed by atoms with Gasteiger partial charge in [-0.1, -0.05) is 116 Å². The van der Waals surface area contributed by atoms with Gasteiger partial charge in [0.2, 0.25) is 9.76 Å². The predicted octanol–water partition coefficient (Wildman–Crippen LogP) is 7.71. The fraction of sp³-hybridized carbons (Fsp3) is 1.00. The van der Waals surface area contributed by atoms with E-state index in [-0.39, 0.29) is 0 Å². The van der Waals surface area contributed by atoms with E-state index in [2.05, 4.69) is 13.5 Å². The van der Waals surface area contributed by atoms with Gasteiger partial charge < -0.3 is 4.43 Å². The Bertz CT molecular complexity index is 176. The number of rotatable bonds is 20. The summed E-state index contributed by atoms with van der Waals surface area (Å²) in [5, 5.41) is 0. The molecule has 0 fully saturated rings. The Labute approximate surface area is 150 Å². The molecule has 0 aromatic rings. The van der Waals surface area contributed by atoms with Crippen molar-refractivity contribution >= 4 is 9.76 Å². The number of hydrogen-bond donors (Lipinski definition) is 0. The number of hydrogen-bond acceptors (Lipinski definition) is 1. The molecule has 0 aromatic heterocycles. The van der Waals surface area contributed by atoms with E-state index in [0.717, 1.165) is 6.61 Å². The van der Waals surface area contributed by atoms with Gasteiger partial charge in [0.05, 0.1) is 0 Å². The fourth-order valence-corrected chi connectivity index (χ4v) is 3.53. The molecule has 0 unspecified atom stereocenters. The lowest BCUT2D eigenvalue weighted by molar-refractivity contribution is 0.323. The zero-order valence-electron chi connectivity index (χ0n) is 16.3. The lowest BCUT2D eigenvalue weighted by Gasteiger charge is -2.04. The van der Waals surface area contributed by atoms with Crippen LogP contribution in [0.4, 0.5) is 0 Å². The average molecular weight is 341 g/mol. The van der Waals surface area contributed by atoms with Crippen LogP contribution in [0.3, 0.4) is 0 Å². The van der Waals surface area contributed by atoms with Gasteiger partial charge >= 0.3 is 0 Å². The summed E-state index contributed by atoms with van der Waals surface area (Å²) in [5.74, 6) is 0. The first-order valence-corrected chi connectivity index (χ1v) is 12.1. The molecule has 138 valence electrons. The molecule has 0 saturated heterocycles. The molecule has 0 aliphatic rings. The van der Waals surface area contributed by atoms with Crippen LogP contribution in [0.5, 0.6) is 0 Å². The maximum Gasteiger partial charge on any atom is 0.226 e. The van der Waals surface area contributed by atoms with Gasteiger partial charge in [0.25, 0.3) is 0 Å². The molecular weight excluding hydrogens is 296 g/mol. The van der Waals surface area contributed by atoms with Gasteiger partial charge in [0.15, 0.2) is 0 Å². The van der Waals surface area contributed by atoms with Crippen molar-refractivity contribution in [2.75, 3.05) is 6.61 Å². The van der Waals surface area contributed by atoms with Crippen LogP contribution in [0.2, 0.25) is 6.55 Å². The molecule has 2 heteroatoms. The lowest BCUT2D eigenvalue weighted by Crippen LogP contribution is -1.95. The van der Waals surface area contributed by atoms with Crippen molar-refractivity contribution in [3.63, 3.8) is 0 Å². The first kappa shape index (κ1) is 23.2. The molecule has 23 heavy (non-hydrogen) atoms. The third-order valence-corrected chi connectivity index (χ3v) is 5.24. The first-order chi connectivity index (χ1) is 11.4. The van der Waals surface area contributed by atoms with Crippen LogP contribution in [0.25, 0.3) is 0 Å². The molecule has 0 spiro atoms. The molecule has 0 bridgehead atoms. The highest BCUT2D eigenvalue weighted by Gasteiger charge is 1.95. The van der Waals surface area contributed by atoms with E-state index in [1.165, 1.54) is 116 Å². The molecule has 0 aromatic carbocycles. The normalized spacial score (nSPS) is 11.2. The Morgan fingerprint density at radius 1 is 0.478 bits per heavy atom. The van der Waals surface area contributed by atoms with Gasteiger partial charge in [-0.3, -0.25) is 0 Å². The zero-order valence-corrected chi connectivity index (χ0v) is 17.3. The molecule has 0 atom stereocenters. The van der Waals surface area contributed by atoms with Crippen LogP contribution in [-0.2, 0) is 4.43 Å². The molecule has 0 aliphatic heterocycles. The molecule has 0 heterocycles. The van der Waals surface area contributed by atoms with Crippen LogP contribution in [0.15, 0.2) is 0 Å². The lowest BCUT2D eigenvalue weighted by atomic mass is 10.0. The third-order valence-electron chi connectivity index (χ3n) is 4.74. The summed E-state index contributed by atoms with van der Waals surface area (Å²) < 4.78 is 5.39. The van der Waals surface area contributed by atoms with E-state index in [4.69, 9.17) is 4.43 Å². The minimum Gasteiger partial charge on any atom is -0.418 e. The summed E-state index contributed by atoms with van der Waals surface area (Å²) >= 11 is 0. The Morgan fingerprint density at radius 3 is 1.09 bits per heavy atom. The SMILES string of the molecule is CCCCCCCCCCCCCCCCCCCCO[Si]C. The summed E-state index contributed by atoms with van der Waals surface area (Å²) in [7, 11) is 0.668. The predicted molar refractivity (Wildman–Crippen MR) is 106 cm³/mol. The van der Waals surface area contributed by atoms with Crippen LogP contribution >= 0.6 is 0 Å². The van der Waals surface area contributed by atoms with Gasteiger partial charge in [-0.2, -0.15) is 0 Å². The van der Waals surface area contributed by atoms with Gasteiger partial charge in [-0.05, 0) is 13.0 Å².